The van der Waals surface area contributed by atoms with Gasteiger partial charge in [-0.15, -0.1) is 0 Å². The molecule has 0 saturated carbocycles. The molecule has 0 aromatic rings. The molecule has 1 heterocycles. The van der Waals surface area contributed by atoms with Crippen molar-refractivity contribution in [2.24, 2.45) is 5.92 Å². The summed E-state index contributed by atoms with van der Waals surface area (Å²) in [6, 6.07) is 0. The quantitative estimate of drug-likeness (QED) is 0.737. The molecular weight excluding hydrogens is 244 g/mol. The average Bonchev–Trinajstić information content (AvgIpc) is 2.37. The minimum Gasteiger partial charge on any atom is -0.379 e. The summed E-state index contributed by atoms with van der Waals surface area (Å²) in [6.07, 6.45) is 2.63. The van der Waals surface area contributed by atoms with Gasteiger partial charge in [-0.25, -0.2) is 0 Å². The Morgan fingerprint density at radius 3 is 2.47 bits per heavy atom. The fourth-order valence-corrected chi connectivity index (χ4v) is 2.20. The highest BCUT2D eigenvalue weighted by molar-refractivity contribution is 5.79. The third kappa shape index (κ3) is 6.05. The molecule has 0 bridgehead atoms. The van der Waals surface area contributed by atoms with E-state index >= 15 is 0 Å². The van der Waals surface area contributed by atoms with Crippen molar-refractivity contribution in [2.75, 3.05) is 26.2 Å². The Hall–Kier alpha value is -1.10. The molecule has 0 radical (unpaired) electrons. The van der Waals surface area contributed by atoms with Crippen LogP contribution in [0.5, 0.6) is 0 Å². The summed E-state index contributed by atoms with van der Waals surface area (Å²) < 4.78 is 5.41. The van der Waals surface area contributed by atoms with Gasteiger partial charge < -0.3 is 15.0 Å². The first-order valence-corrected chi connectivity index (χ1v) is 7.15. The number of piperidine rings is 1. The molecule has 5 nitrogen and oxygen atoms in total. The first-order valence-electron chi connectivity index (χ1n) is 7.15. The maximum Gasteiger partial charge on any atom is 0.223 e. The predicted molar refractivity (Wildman–Crippen MR) is 73.7 cm³/mol. The van der Waals surface area contributed by atoms with Crippen LogP contribution in [0.3, 0.4) is 0 Å². The molecule has 1 N–H and O–H groups in total. The third-order valence-electron chi connectivity index (χ3n) is 3.38. The van der Waals surface area contributed by atoms with Gasteiger partial charge in [-0.05, 0) is 33.1 Å². The van der Waals surface area contributed by atoms with E-state index in [0.29, 0.717) is 26.2 Å². The molecule has 0 unspecified atom stereocenters. The molecule has 110 valence electrons. The lowest BCUT2D eigenvalue weighted by Crippen LogP contribution is -2.42. The van der Waals surface area contributed by atoms with E-state index < -0.39 is 0 Å². The molecule has 0 aliphatic carbocycles. The van der Waals surface area contributed by atoms with Crippen LogP contribution in [0.2, 0.25) is 0 Å². The predicted octanol–water partition coefficient (Wildman–Crippen LogP) is 1.18. The summed E-state index contributed by atoms with van der Waals surface area (Å²) in [5, 5.41) is 2.95. The minimum absolute atomic E-state index is 0.0571. The number of nitrogens with zero attached hydrogens (tertiary/aromatic N) is 1. The van der Waals surface area contributed by atoms with Crippen LogP contribution < -0.4 is 5.32 Å². The van der Waals surface area contributed by atoms with Crippen LogP contribution in [-0.4, -0.2) is 49.1 Å². The number of amides is 2. The highest BCUT2D eigenvalue weighted by Gasteiger charge is 2.25. The van der Waals surface area contributed by atoms with E-state index in [9.17, 15) is 9.59 Å². The average molecular weight is 270 g/mol. The summed E-state index contributed by atoms with van der Waals surface area (Å²) in [5.41, 5.74) is 0. The van der Waals surface area contributed by atoms with Crippen LogP contribution in [-0.2, 0) is 14.3 Å². The molecule has 1 rings (SSSR count). The Bertz CT molecular complexity index is 297. The Morgan fingerprint density at radius 1 is 1.32 bits per heavy atom. The van der Waals surface area contributed by atoms with E-state index in [1.165, 1.54) is 0 Å². The zero-order chi connectivity index (χ0) is 14.3. The van der Waals surface area contributed by atoms with E-state index in [1.54, 1.807) is 11.8 Å². The fraction of sp³-hybridized carbons (Fsp3) is 0.857. The summed E-state index contributed by atoms with van der Waals surface area (Å²) in [4.78, 5) is 24.9. The van der Waals surface area contributed by atoms with Crippen molar-refractivity contribution in [3.8, 4) is 0 Å². The van der Waals surface area contributed by atoms with Crippen molar-refractivity contribution >= 4 is 11.8 Å². The summed E-state index contributed by atoms with van der Waals surface area (Å²) in [7, 11) is 0. The molecule has 1 aliphatic heterocycles. The second kappa shape index (κ2) is 8.15. The number of rotatable bonds is 6. The van der Waals surface area contributed by atoms with Crippen molar-refractivity contribution in [1.29, 1.82) is 0 Å². The summed E-state index contributed by atoms with van der Waals surface area (Å²) in [6.45, 7) is 8.32. The molecule has 0 aromatic carbocycles. The molecule has 0 spiro atoms. The molecular formula is C14H26N2O3. The van der Waals surface area contributed by atoms with E-state index in [0.717, 1.165) is 19.3 Å². The SMILES string of the molecule is CC(=O)N1CCC(C(=O)NCCCOC(C)C)CC1. The first-order chi connectivity index (χ1) is 9.00. The van der Waals surface area contributed by atoms with Crippen LogP contribution in [0.1, 0.15) is 40.0 Å². The number of hydrogen-bond acceptors (Lipinski definition) is 3. The van der Waals surface area contributed by atoms with E-state index in [2.05, 4.69) is 5.32 Å². The first kappa shape index (κ1) is 16.0. The largest absolute Gasteiger partial charge is 0.379 e. The molecule has 1 fully saturated rings. The van der Waals surface area contributed by atoms with Crippen LogP contribution >= 0.6 is 0 Å². The maximum absolute atomic E-state index is 11.9. The van der Waals surface area contributed by atoms with Crippen LogP contribution in [0, 0.1) is 5.92 Å². The lowest BCUT2D eigenvalue weighted by molar-refractivity contribution is -0.133. The second-order valence-electron chi connectivity index (χ2n) is 5.34. The Morgan fingerprint density at radius 2 is 1.95 bits per heavy atom. The summed E-state index contributed by atoms with van der Waals surface area (Å²) >= 11 is 0. The number of likely N-dealkylation sites (tertiary alicyclic amines) is 1. The van der Waals surface area contributed by atoms with Gasteiger partial charge in [0.2, 0.25) is 11.8 Å². The van der Waals surface area contributed by atoms with Gasteiger partial charge in [0.15, 0.2) is 0 Å². The van der Waals surface area contributed by atoms with Crippen molar-refractivity contribution < 1.29 is 14.3 Å². The lowest BCUT2D eigenvalue weighted by atomic mass is 9.96. The van der Waals surface area contributed by atoms with E-state index in [4.69, 9.17) is 4.74 Å². The van der Waals surface area contributed by atoms with E-state index in [-0.39, 0.29) is 23.8 Å². The standard InChI is InChI=1S/C14H26N2O3/c1-11(2)19-10-4-7-15-14(18)13-5-8-16(9-6-13)12(3)17/h11,13H,4-10H2,1-3H3,(H,15,18). The van der Waals surface area contributed by atoms with Crippen molar-refractivity contribution in [1.82, 2.24) is 10.2 Å². The smallest absolute Gasteiger partial charge is 0.223 e. The number of carbonyl (C=O) groups is 2. The van der Waals surface area contributed by atoms with Gasteiger partial charge >= 0.3 is 0 Å². The van der Waals surface area contributed by atoms with Crippen LogP contribution in [0.25, 0.3) is 0 Å². The number of nitrogens with one attached hydrogen (secondary N) is 1. The van der Waals surface area contributed by atoms with Crippen LogP contribution in [0.15, 0.2) is 0 Å². The molecule has 0 aromatic heterocycles. The van der Waals surface area contributed by atoms with Crippen molar-refractivity contribution in [3.63, 3.8) is 0 Å². The number of ether oxygens (including phenoxy) is 1. The molecule has 1 saturated heterocycles. The van der Waals surface area contributed by atoms with E-state index in [1.807, 2.05) is 13.8 Å². The monoisotopic (exact) mass is 270 g/mol. The zero-order valence-corrected chi connectivity index (χ0v) is 12.3. The molecule has 5 heteroatoms. The minimum atomic E-state index is 0.0571. The lowest BCUT2D eigenvalue weighted by Gasteiger charge is -2.30. The van der Waals surface area contributed by atoms with Gasteiger partial charge in [0, 0.05) is 39.1 Å². The normalized spacial score (nSPS) is 16.7. The maximum atomic E-state index is 11.9. The van der Waals surface area contributed by atoms with Crippen molar-refractivity contribution in [2.45, 2.75) is 46.1 Å². The zero-order valence-electron chi connectivity index (χ0n) is 12.3. The van der Waals surface area contributed by atoms with Gasteiger partial charge in [-0.3, -0.25) is 9.59 Å². The number of hydrogen-bond donors (Lipinski definition) is 1. The van der Waals surface area contributed by atoms with Crippen molar-refractivity contribution in [3.05, 3.63) is 0 Å². The van der Waals surface area contributed by atoms with Gasteiger partial charge in [0.25, 0.3) is 0 Å². The topological polar surface area (TPSA) is 58.6 Å². The highest BCUT2D eigenvalue weighted by Crippen LogP contribution is 2.17. The fourth-order valence-electron chi connectivity index (χ4n) is 2.20. The highest BCUT2D eigenvalue weighted by atomic mass is 16.5. The molecule has 0 atom stereocenters. The number of carbonyl (C=O) groups excluding carboxylic acids is 2. The Labute approximate surface area is 115 Å². The Kier molecular flexibility index (Phi) is 6.84. The molecule has 2 amide bonds. The van der Waals surface area contributed by atoms with Gasteiger partial charge in [0.1, 0.15) is 0 Å². The summed E-state index contributed by atoms with van der Waals surface area (Å²) in [5.74, 6) is 0.277. The van der Waals surface area contributed by atoms with Crippen LogP contribution in [0.4, 0.5) is 0 Å². The molecule has 19 heavy (non-hydrogen) atoms. The molecule has 1 aliphatic rings. The van der Waals surface area contributed by atoms with Gasteiger partial charge in [-0.2, -0.15) is 0 Å². The third-order valence-corrected chi connectivity index (χ3v) is 3.38. The van der Waals surface area contributed by atoms with Gasteiger partial charge in [0.05, 0.1) is 6.10 Å². The van der Waals surface area contributed by atoms with Gasteiger partial charge in [-0.1, -0.05) is 0 Å². The Balaban J connectivity index is 2.12. The second-order valence-corrected chi connectivity index (χ2v) is 5.34.